The zero-order valence-corrected chi connectivity index (χ0v) is 12.8. The van der Waals surface area contributed by atoms with Crippen molar-refractivity contribution in [1.82, 2.24) is 9.97 Å². The minimum Gasteiger partial charge on any atom is -0.478 e. The number of aryl methyl sites for hydroxylation is 1. The Kier molecular flexibility index (Phi) is 4.43. The highest BCUT2D eigenvalue weighted by Crippen LogP contribution is 2.26. The molecule has 2 atom stereocenters. The van der Waals surface area contributed by atoms with E-state index in [1.54, 1.807) is 0 Å². The second-order valence-electron chi connectivity index (χ2n) is 4.81. The summed E-state index contributed by atoms with van der Waals surface area (Å²) in [6.07, 6.45) is 1.13. The molecule has 100 valence electrons. The third kappa shape index (κ3) is 3.13. The SMILES string of the molecule is CCOc1cc(C)nc(N2CCC(Br)C(C)C2)n1. The van der Waals surface area contributed by atoms with Gasteiger partial charge in [-0.2, -0.15) is 4.98 Å². The molecule has 0 N–H and O–H groups in total. The van der Waals surface area contributed by atoms with Crippen molar-refractivity contribution in [2.24, 2.45) is 5.92 Å². The molecule has 5 heteroatoms. The summed E-state index contributed by atoms with van der Waals surface area (Å²) in [6, 6.07) is 1.88. The topological polar surface area (TPSA) is 38.2 Å². The van der Waals surface area contributed by atoms with Gasteiger partial charge in [0, 0.05) is 29.7 Å². The molecule has 1 aromatic rings. The Hall–Kier alpha value is -0.840. The lowest BCUT2D eigenvalue weighted by Crippen LogP contribution is -2.40. The molecule has 1 fully saturated rings. The summed E-state index contributed by atoms with van der Waals surface area (Å²) in [5.74, 6) is 2.08. The van der Waals surface area contributed by atoms with Crippen LogP contribution in [0.15, 0.2) is 6.07 Å². The van der Waals surface area contributed by atoms with Gasteiger partial charge in [-0.05, 0) is 26.2 Å². The number of halogens is 1. The summed E-state index contributed by atoms with van der Waals surface area (Å²) in [5, 5.41) is 0. The molecule has 0 aliphatic carbocycles. The minimum atomic E-state index is 0.602. The third-order valence-electron chi connectivity index (χ3n) is 3.19. The zero-order chi connectivity index (χ0) is 13.1. The molecular formula is C13H20BrN3O. The predicted octanol–water partition coefficient (Wildman–Crippen LogP) is 2.79. The smallest absolute Gasteiger partial charge is 0.228 e. The van der Waals surface area contributed by atoms with Crippen LogP contribution in [-0.2, 0) is 0 Å². The minimum absolute atomic E-state index is 0.602. The molecule has 18 heavy (non-hydrogen) atoms. The van der Waals surface area contributed by atoms with Crippen LogP contribution in [-0.4, -0.2) is 34.5 Å². The second kappa shape index (κ2) is 5.87. The van der Waals surface area contributed by atoms with Crippen LogP contribution in [0.4, 0.5) is 5.95 Å². The van der Waals surface area contributed by atoms with E-state index in [1.165, 1.54) is 0 Å². The molecule has 4 nitrogen and oxygen atoms in total. The highest BCUT2D eigenvalue weighted by molar-refractivity contribution is 9.09. The fourth-order valence-electron chi connectivity index (χ4n) is 2.19. The Bertz CT molecular complexity index is 413. The highest BCUT2D eigenvalue weighted by Gasteiger charge is 2.25. The van der Waals surface area contributed by atoms with Crippen molar-refractivity contribution >= 4 is 21.9 Å². The molecule has 1 aliphatic heterocycles. The fraction of sp³-hybridized carbons (Fsp3) is 0.692. The molecule has 1 aliphatic rings. The van der Waals surface area contributed by atoms with Gasteiger partial charge >= 0.3 is 0 Å². The molecule has 0 spiro atoms. The van der Waals surface area contributed by atoms with Crippen molar-refractivity contribution in [3.8, 4) is 5.88 Å². The monoisotopic (exact) mass is 313 g/mol. The van der Waals surface area contributed by atoms with E-state index in [4.69, 9.17) is 4.74 Å². The number of hydrogen-bond acceptors (Lipinski definition) is 4. The van der Waals surface area contributed by atoms with Gasteiger partial charge in [0.1, 0.15) is 0 Å². The van der Waals surface area contributed by atoms with Gasteiger partial charge in [0.2, 0.25) is 11.8 Å². The molecular weight excluding hydrogens is 294 g/mol. The van der Waals surface area contributed by atoms with Crippen LogP contribution < -0.4 is 9.64 Å². The van der Waals surface area contributed by atoms with Gasteiger partial charge in [-0.15, -0.1) is 0 Å². The average molecular weight is 314 g/mol. The summed E-state index contributed by atoms with van der Waals surface area (Å²) in [4.78, 5) is 11.9. The van der Waals surface area contributed by atoms with Crippen LogP contribution in [0.1, 0.15) is 26.0 Å². The Morgan fingerprint density at radius 1 is 1.50 bits per heavy atom. The van der Waals surface area contributed by atoms with E-state index < -0.39 is 0 Å². The van der Waals surface area contributed by atoms with Gasteiger partial charge < -0.3 is 9.64 Å². The molecule has 0 aromatic carbocycles. The van der Waals surface area contributed by atoms with Gasteiger partial charge in [-0.3, -0.25) is 0 Å². The first-order valence-corrected chi connectivity index (χ1v) is 7.39. The molecule has 1 aromatic heterocycles. The van der Waals surface area contributed by atoms with E-state index in [0.29, 0.717) is 23.2 Å². The van der Waals surface area contributed by atoms with E-state index >= 15 is 0 Å². The molecule has 1 saturated heterocycles. The molecule has 0 saturated carbocycles. The largest absolute Gasteiger partial charge is 0.478 e. The molecule has 2 unspecified atom stereocenters. The van der Waals surface area contributed by atoms with Gasteiger partial charge in [-0.1, -0.05) is 22.9 Å². The number of alkyl halides is 1. The van der Waals surface area contributed by atoms with Gasteiger partial charge in [0.25, 0.3) is 0 Å². The van der Waals surface area contributed by atoms with Crippen LogP contribution in [0.3, 0.4) is 0 Å². The normalized spacial score (nSPS) is 24.1. The van der Waals surface area contributed by atoms with Crippen molar-refractivity contribution in [2.45, 2.75) is 32.0 Å². The zero-order valence-electron chi connectivity index (χ0n) is 11.2. The molecule has 0 amide bonds. The van der Waals surface area contributed by atoms with Crippen molar-refractivity contribution in [2.75, 3.05) is 24.6 Å². The van der Waals surface area contributed by atoms with Crippen molar-refractivity contribution in [3.05, 3.63) is 11.8 Å². The summed E-state index contributed by atoms with van der Waals surface area (Å²) >= 11 is 3.72. The summed E-state index contributed by atoms with van der Waals surface area (Å²) < 4.78 is 5.48. The van der Waals surface area contributed by atoms with Crippen LogP contribution in [0.25, 0.3) is 0 Å². The first kappa shape index (κ1) is 13.6. The average Bonchev–Trinajstić information content (AvgIpc) is 2.32. The maximum absolute atomic E-state index is 5.48. The van der Waals surface area contributed by atoms with Crippen molar-refractivity contribution in [1.29, 1.82) is 0 Å². The Morgan fingerprint density at radius 3 is 2.94 bits per heavy atom. The predicted molar refractivity (Wildman–Crippen MR) is 76.6 cm³/mol. The van der Waals surface area contributed by atoms with Crippen LogP contribution in [0, 0.1) is 12.8 Å². The van der Waals surface area contributed by atoms with Crippen LogP contribution in [0.5, 0.6) is 5.88 Å². The van der Waals surface area contributed by atoms with E-state index in [-0.39, 0.29) is 0 Å². The lowest BCUT2D eigenvalue weighted by Gasteiger charge is -2.34. The maximum Gasteiger partial charge on any atom is 0.228 e. The van der Waals surface area contributed by atoms with Gasteiger partial charge in [0.15, 0.2) is 0 Å². The van der Waals surface area contributed by atoms with E-state index in [9.17, 15) is 0 Å². The Morgan fingerprint density at radius 2 is 2.28 bits per heavy atom. The summed E-state index contributed by atoms with van der Waals surface area (Å²) in [5.41, 5.74) is 0.956. The van der Waals surface area contributed by atoms with Crippen molar-refractivity contribution < 1.29 is 4.74 Å². The standard InChI is InChI=1S/C13H20BrN3O/c1-4-18-12-7-10(3)15-13(16-12)17-6-5-11(14)9(2)8-17/h7,9,11H,4-6,8H2,1-3H3. The fourth-order valence-corrected chi connectivity index (χ4v) is 2.56. The van der Waals surface area contributed by atoms with E-state index in [1.807, 2.05) is 19.9 Å². The van der Waals surface area contributed by atoms with E-state index in [2.05, 4.69) is 37.7 Å². The number of nitrogens with zero attached hydrogens (tertiary/aromatic N) is 3. The first-order valence-electron chi connectivity index (χ1n) is 6.47. The molecule has 0 radical (unpaired) electrons. The number of ether oxygens (including phenoxy) is 1. The highest BCUT2D eigenvalue weighted by atomic mass is 79.9. The first-order chi connectivity index (χ1) is 8.60. The number of piperidine rings is 1. The van der Waals surface area contributed by atoms with Gasteiger partial charge in [-0.25, -0.2) is 4.98 Å². The lowest BCUT2D eigenvalue weighted by atomic mass is 10.0. The van der Waals surface area contributed by atoms with Crippen LogP contribution >= 0.6 is 15.9 Å². The quantitative estimate of drug-likeness (QED) is 0.804. The number of aromatic nitrogens is 2. The Labute approximate surface area is 117 Å². The second-order valence-corrected chi connectivity index (χ2v) is 5.98. The lowest BCUT2D eigenvalue weighted by molar-refractivity contribution is 0.325. The van der Waals surface area contributed by atoms with Crippen molar-refractivity contribution in [3.63, 3.8) is 0 Å². The molecule has 0 bridgehead atoms. The van der Waals surface area contributed by atoms with Crippen LogP contribution in [0.2, 0.25) is 0 Å². The molecule has 2 rings (SSSR count). The van der Waals surface area contributed by atoms with E-state index in [0.717, 1.165) is 31.2 Å². The maximum atomic E-state index is 5.48. The summed E-state index contributed by atoms with van der Waals surface area (Å²) in [7, 11) is 0. The number of rotatable bonds is 3. The third-order valence-corrected chi connectivity index (χ3v) is 4.55. The Balaban J connectivity index is 2.17. The number of hydrogen-bond donors (Lipinski definition) is 0. The molecule has 2 heterocycles. The van der Waals surface area contributed by atoms with Gasteiger partial charge in [0.05, 0.1) is 6.61 Å². The summed E-state index contributed by atoms with van der Waals surface area (Å²) in [6.45, 7) is 8.82. The number of anilines is 1.